The second kappa shape index (κ2) is 5.50. The minimum atomic E-state index is 0.304. The summed E-state index contributed by atoms with van der Waals surface area (Å²) in [4.78, 5) is 0. The van der Waals surface area contributed by atoms with Crippen molar-refractivity contribution < 1.29 is 4.74 Å². The molecule has 0 aromatic rings. The third-order valence-corrected chi connectivity index (χ3v) is 5.84. The molecule has 3 aliphatic rings. The molecule has 1 spiro atoms. The first-order valence-corrected chi connectivity index (χ1v) is 8.47. The lowest BCUT2D eigenvalue weighted by atomic mass is 9.74. The van der Waals surface area contributed by atoms with Gasteiger partial charge in [0.15, 0.2) is 0 Å². The Balaban J connectivity index is 1.41. The van der Waals surface area contributed by atoms with E-state index in [0.717, 1.165) is 18.6 Å². The van der Waals surface area contributed by atoms with Crippen molar-refractivity contribution in [3.63, 3.8) is 0 Å². The third-order valence-electron chi connectivity index (χ3n) is 4.79. The Hall–Kier alpha value is 0.270. The zero-order valence-electron chi connectivity index (χ0n) is 10.7. The molecule has 1 N–H and O–H groups in total. The quantitative estimate of drug-likeness (QED) is 0.838. The largest absolute Gasteiger partial charge is 0.375 e. The van der Waals surface area contributed by atoms with E-state index in [1.54, 1.807) is 0 Å². The molecule has 2 nitrogen and oxygen atoms in total. The van der Waals surface area contributed by atoms with Gasteiger partial charge in [-0.2, -0.15) is 11.8 Å². The van der Waals surface area contributed by atoms with Crippen LogP contribution in [0.1, 0.15) is 44.9 Å². The molecule has 1 saturated carbocycles. The van der Waals surface area contributed by atoms with Gasteiger partial charge in [0.1, 0.15) is 0 Å². The number of hydrogen-bond donors (Lipinski definition) is 1. The molecule has 0 aromatic heterocycles. The Bertz CT molecular complexity index is 249. The van der Waals surface area contributed by atoms with Crippen molar-refractivity contribution in [2.24, 2.45) is 5.92 Å². The third kappa shape index (κ3) is 2.99. The lowest BCUT2D eigenvalue weighted by Crippen LogP contribution is -2.51. The zero-order chi connectivity index (χ0) is 11.6. The van der Waals surface area contributed by atoms with Gasteiger partial charge in [-0.3, -0.25) is 0 Å². The maximum absolute atomic E-state index is 5.98. The molecule has 2 aliphatic heterocycles. The smallest absolute Gasteiger partial charge is 0.0697 e. The van der Waals surface area contributed by atoms with Gasteiger partial charge < -0.3 is 10.1 Å². The summed E-state index contributed by atoms with van der Waals surface area (Å²) < 4.78 is 5.98. The van der Waals surface area contributed by atoms with E-state index in [-0.39, 0.29) is 0 Å². The number of hydrogen-bond acceptors (Lipinski definition) is 3. The van der Waals surface area contributed by atoms with Gasteiger partial charge in [-0.1, -0.05) is 0 Å². The number of rotatable bonds is 3. The fraction of sp³-hybridized carbons (Fsp3) is 1.00. The summed E-state index contributed by atoms with van der Waals surface area (Å²) in [5.41, 5.74) is 0.304. The minimum absolute atomic E-state index is 0.304. The lowest BCUT2D eigenvalue weighted by Gasteiger charge is -2.47. The van der Waals surface area contributed by atoms with Crippen LogP contribution in [0, 0.1) is 5.92 Å². The molecule has 0 bridgehead atoms. The number of thioether (sulfide) groups is 1. The predicted molar refractivity (Wildman–Crippen MR) is 73.6 cm³/mol. The molecule has 2 saturated heterocycles. The Labute approximate surface area is 109 Å². The van der Waals surface area contributed by atoms with Crippen molar-refractivity contribution in [2.75, 3.05) is 24.7 Å². The molecular formula is C14H25NOS. The molecular weight excluding hydrogens is 230 g/mol. The lowest BCUT2D eigenvalue weighted by molar-refractivity contribution is -0.135. The van der Waals surface area contributed by atoms with E-state index in [4.69, 9.17) is 4.74 Å². The van der Waals surface area contributed by atoms with Gasteiger partial charge in [-0.25, -0.2) is 0 Å². The van der Waals surface area contributed by atoms with Crippen molar-refractivity contribution in [1.82, 2.24) is 5.32 Å². The van der Waals surface area contributed by atoms with Crippen LogP contribution in [0.15, 0.2) is 0 Å². The van der Waals surface area contributed by atoms with Gasteiger partial charge in [-0.15, -0.1) is 0 Å². The van der Waals surface area contributed by atoms with Crippen molar-refractivity contribution >= 4 is 11.8 Å². The summed E-state index contributed by atoms with van der Waals surface area (Å²) in [7, 11) is 0. The molecule has 98 valence electrons. The van der Waals surface area contributed by atoms with Crippen LogP contribution in [0.5, 0.6) is 0 Å². The first-order valence-electron chi connectivity index (χ1n) is 7.31. The van der Waals surface area contributed by atoms with Crippen molar-refractivity contribution in [2.45, 2.75) is 56.6 Å². The van der Waals surface area contributed by atoms with Crippen LogP contribution < -0.4 is 5.32 Å². The van der Waals surface area contributed by atoms with E-state index in [1.807, 2.05) is 0 Å². The van der Waals surface area contributed by atoms with Crippen LogP contribution in [0.2, 0.25) is 0 Å². The summed E-state index contributed by atoms with van der Waals surface area (Å²) in [6.45, 7) is 2.24. The average molecular weight is 255 g/mol. The van der Waals surface area contributed by atoms with Crippen LogP contribution in [0.3, 0.4) is 0 Å². The van der Waals surface area contributed by atoms with Crippen LogP contribution in [0.25, 0.3) is 0 Å². The molecule has 3 heteroatoms. The van der Waals surface area contributed by atoms with Crippen LogP contribution >= 0.6 is 11.8 Å². The van der Waals surface area contributed by atoms with E-state index in [2.05, 4.69) is 17.1 Å². The first-order chi connectivity index (χ1) is 8.36. The molecule has 2 heterocycles. The number of nitrogens with one attached hydrogen (secondary N) is 1. The topological polar surface area (TPSA) is 21.3 Å². The van der Waals surface area contributed by atoms with Crippen LogP contribution in [-0.2, 0) is 4.74 Å². The first kappa shape index (κ1) is 12.3. The average Bonchev–Trinajstić information content (AvgIpc) is 2.36. The maximum atomic E-state index is 5.98. The summed E-state index contributed by atoms with van der Waals surface area (Å²) >= 11 is 2.12. The zero-order valence-corrected chi connectivity index (χ0v) is 11.6. The van der Waals surface area contributed by atoms with Crippen LogP contribution in [0.4, 0.5) is 0 Å². The van der Waals surface area contributed by atoms with Gasteiger partial charge in [0.05, 0.1) is 5.60 Å². The Morgan fingerprint density at radius 3 is 2.71 bits per heavy atom. The Morgan fingerprint density at radius 1 is 1.18 bits per heavy atom. The molecule has 0 radical (unpaired) electrons. The maximum Gasteiger partial charge on any atom is 0.0697 e. The molecule has 1 atom stereocenters. The predicted octanol–water partition coefficient (Wildman–Crippen LogP) is 2.82. The molecule has 3 rings (SSSR count). The highest BCUT2D eigenvalue weighted by molar-refractivity contribution is 7.99. The van der Waals surface area contributed by atoms with Crippen molar-refractivity contribution in [3.05, 3.63) is 0 Å². The van der Waals surface area contributed by atoms with E-state index in [0.29, 0.717) is 5.60 Å². The summed E-state index contributed by atoms with van der Waals surface area (Å²) in [5, 5.41) is 3.83. The monoisotopic (exact) mass is 255 g/mol. The molecule has 0 amide bonds. The van der Waals surface area contributed by atoms with Crippen molar-refractivity contribution in [3.8, 4) is 0 Å². The van der Waals surface area contributed by atoms with E-state index in [9.17, 15) is 0 Å². The molecule has 17 heavy (non-hydrogen) atoms. The Morgan fingerprint density at radius 2 is 2.00 bits per heavy atom. The van der Waals surface area contributed by atoms with E-state index >= 15 is 0 Å². The molecule has 1 aliphatic carbocycles. The standard InChI is InChI=1S/C14H25NOS/c1-5-14(6-1)10-13(2-7-16-14)15-11-12-3-8-17-9-4-12/h12-13,15H,1-11H2. The Kier molecular flexibility index (Phi) is 3.98. The van der Waals surface area contributed by atoms with Gasteiger partial charge in [0, 0.05) is 12.6 Å². The van der Waals surface area contributed by atoms with Gasteiger partial charge >= 0.3 is 0 Å². The number of ether oxygens (including phenoxy) is 1. The normalized spacial score (nSPS) is 33.5. The second-order valence-corrected chi connectivity index (χ2v) is 7.26. The highest BCUT2D eigenvalue weighted by Crippen LogP contribution is 2.42. The highest BCUT2D eigenvalue weighted by atomic mass is 32.2. The van der Waals surface area contributed by atoms with Gasteiger partial charge in [0.25, 0.3) is 0 Å². The second-order valence-electron chi connectivity index (χ2n) is 6.04. The molecule has 0 aromatic carbocycles. The van der Waals surface area contributed by atoms with E-state index < -0.39 is 0 Å². The molecule has 1 unspecified atom stereocenters. The minimum Gasteiger partial charge on any atom is -0.375 e. The van der Waals surface area contributed by atoms with Crippen molar-refractivity contribution in [1.29, 1.82) is 0 Å². The highest BCUT2D eigenvalue weighted by Gasteiger charge is 2.42. The van der Waals surface area contributed by atoms with Gasteiger partial charge in [-0.05, 0) is 68.9 Å². The summed E-state index contributed by atoms with van der Waals surface area (Å²) in [6, 6.07) is 0.735. The fourth-order valence-electron chi connectivity index (χ4n) is 3.41. The van der Waals surface area contributed by atoms with Crippen LogP contribution in [-0.4, -0.2) is 36.3 Å². The van der Waals surface area contributed by atoms with Gasteiger partial charge in [0.2, 0.25) is 0 Å². The summed E-state index contributed by atoms with van der Waals surface area (Å²) in [5.74, 6) is 3.70. The fourth-order valence-corrected chi connectivity index (χ4v) is 4.61. The summed E-state index contributed by atoms with van der Waals surface area (Å²) in [6.07, 6.45) is 9.35. The SMILES string of the molecule is C1CC2(C1)CC(NCC1CCSCC1)CCO2. The molecule has 3 fully saturated rings. The van der Waals surface area contributed by atoms with E-state index in [1.165, 1.54) is 63.0 Å².